The Balaban J connectivity index is 1.93. The Kier molecular flexibility index (Phi) is 4.09. The standard InChI is InChI=1S/C17H21N3O3/c1-12(21)13-9-15(19(3)10-13)17(22)20-7-8-23-11-16(20)14-5-4-6-18(14)2/h4-6,9-10,16H,7-8,11H2,1-3H3. The summed E-state index contributed by atoms with van der Waals surface area (Å²) in [7, 11) is 3.75. The average Bonchev–Trinajstić information content (AvgIpc) is 3.12. The summed E-state index contributed by atoms with van der Waals surface area (Å²) in [4.78, 5) is 26.4. The van der Waals surface area contributed by atoms with Gasteiger partial charge in [0.05, 0.1) is 19.3 Å². The second kappa shape index (κ2) is 6.04. The van der Waals surface area contributed by atoms with Crippen LogP contribution in [0.2, 0.25) is 0 Å². The van der Waals surface area contributed by atoms with E-state index >= 15 is 0 Å². The van der Waals surface area contributed by atoms with Crippen molar-refractivity contribution < 1.29 is 14.3 Å². The third-order valence-corrected chi connectivity index (χ3v) is 4.35. The fourth-order valence-corrected chi connectivity index (χ4v) is 3.03. The van der Waals surface area contributed by atoms with Crippen molar-refractivity contribution in [2.45, 2.75) is 13.0 Å². The Morgan fingerprint density at radius 2 is 2.04 bits per heavy atom. The van der Waals surface area contributed by atoms with Gasteiger partial charge in [0.2, 0.25) is 0 Å². The SMILES string of the molecule is CC(=O)c1cc(C(=O)N2CCOCC2c2cccn2C)n(C)c1. The van der Waals surface area contributed by atoms with Crippen LogP contribution in [0.15, 0.2) is 30.6 Å². The molecule has 0 aromatic carbocycles. The van der Waals surface area contributed by atoms with Crippen LogP contribution in [0.4, 0.5) is 0 Å². The first-order valence-corrected chi connectivity index (χ1v) is 7.66. The Labute approximate surface area is 135 Å². The number of nitrogens with zero attached hydrogens (tertiary/aromatic N) is 3. The van der Waals surface area contributed by atoms with E-state index in [2.05, 4.69) is 0 Å². The second-order valence-corrected chi connectivity index (χ2v) is 5.91. The highest BCUT2D eigenvalue weighted by atomic mass is 16.5. The minimum atomic E-state index is -0.119. The number of aromatic nitrogens is 2. The van der Waals surface area contributed by atoms with Crippen LogP contribution < -0.4 is 0 Å². The summed E-state index contributed by atoms with van der Waals surface area (Å²) in [5.74, 6) is -0.116. The number of morpholine rings is 1. The average molecular weight is 315 g/mol. The van der Waals surface area contributed by atoms with Gasteiger partial charge in [0.1, 0.15) is 5.69 Å². The van der Waals surface area contributed by atoms with Gasteiger partial charge in [0.15, 0.2) is 5.78 Å². The van der Waals surface area contributed by atoms with Crippen LogP contribution in [0.1, 0.15) is 39.5 Å². The van der Waals surface area contributed by atoms with Gasteiger partial charge in [-0.3, -0.25) is 9.59 Å². The fourth-order valence-electron chi connectivity index (χ4n) is 3.03. The summed E-state index contributed by atoms with van der Waals surface area (Å²) < 4.78 is 9.31. The van der Waals surface area contributed by atoms with Gasteiger partial charge in [-0.15, -0.1) is 0 Å². The molecule has 23 heavy (non-hydrogen) atoms. The van der Waals surface area contributed by atoms with Gasteiger partial charge >= 0.3 is 0 Å². The van der Waals surface area contributed by atoms with E-state index in [4.69, 9.17) is 4.74 Å². The van der Waals surface area contributed by atoms with Crippen LogP contribution in [-0.2, 0) is 18.8 Å². The highest BCUT2D eigenvalue weighted by Crippen LogP contribution is 2.26. The Morgan fingerprint density at radius 1 is 1.26 bits per heavy atom. The van der Waals surface area contributed by atoms with Crippen LogP contribution in [0.25, 0.3) is 0 Å². The molecule has 1 atom stereocenters. The molecule has 1 unspecified atom stereocenters. The summed E-state index contributed by atoms with van der Waals surface area (Å²) >= 11 is 0. The molecule has 0 spiro atoms. The summed E-state index contributed by atoms with van der Waals surface area (Å²) in [6, 6.07) is 5.52. The van der Waals surface area contributed by atoms with Gasteiger partial charge in [-0.2, -0.15) is 0 Å². The highest BCUT2D eigenvalue weighted by Gasteiger charge is 2.32. The third kappa shape index (κ3) is 2.82. The van der Waals surface area contributed by atoms with E-state index in [-0.39, 0.29) is 17.7 Å². The van der Waals surface area contributed by atoms with Gasteiger partial charge < -0.3 is 18.8 Å². The number of aryl methyl sites for hydroxylation is 2. The van der Waals surface area contributed by atoms with Gasteiger partial charge in [0.25, 0.3) is 5.91 Å². The van der Waals surface area contributed by atoms with Crippen LogP contribution in [0.3, 0.4) is 0 Å². The first kappa shape index (κ1) is 15.6. The van der Waals surface area contributed by atoms with E-state index in [0.29, 0.717) is 31.0 Å². The summed E-state index contributed by atoms with van der Waals surface area (Å²) in [5.41, 5.74) is 2.12. The lowest BCUT2D eigenvalue weighted by Gasteiger charge is -2.36. The Morgan fingerprint density at radius 3 is 2.65 bits per heavy atom. The maximum atomic E-state index is 13.0. The molecule has 0 saturated carbocycles. The van der Waals surface area contributed by atoms with E-state index in [0.717, 1.165) is 5.69 Å². The molecule has 0 radical (unpaired) electrons. The summed E-state index contributed by atoms with van der Waals surface area (Å²) in [6.07, 6.45) is 3.66. The molecule has 6 nitrogen and oxygen atoms in total. The highest BCUT2D eigenvalue weighted by molar-refractivity contribution is 5.99. The predicted octanol–water partition coefficient (Wildman–Crippen LogP) is 1.78. The minimum Gasteiger partial charge on any atom is -0.377 e. The summed E-state index contributed by atoms with van der Waals surface area (Å²) in [6.45, 7) is 3.05. The van der Waals surface area contributed by atoms with Crippen LogP contribution in [0.5, 0.6) is 0 Å². The molecule has 2 aromatic heterocycles. The van der Waals surface area contributed by atoms with Crippen molar-refractivity contribution in [2.75, 3.05) is 19.8 Å². The third-order valence-electron chi connectivity index (χ3n) is 4.35. The summed E-state index contributed by atoms with van der Waals surface area (Å²) in [5, 5.41) is 0. The molecular formula is C17H21N3O3. The molecule has 6 heteroatoms. The largest absolute Gasteiger partial charge is 0.377 e. The molecule has 3 rings (SSSR count). The van der Waals surface area contributed by atoms with E-state index in [9.17, 15) is 9.59 Å². The number of rotatable bonds is 3. The molecule has 0 N–H and O–H groups in total. The maximum Gasteiger partial charge on any atom is 0.271 e. The first-order chi connectivity index (χ1) is 11.0. The van der Waals surface area contributed by atoms with E-state index < -0.39 is 0 Å². The number of ether oxygens (including phenoxy) is 1. The first-order valence-electron chi connectivity index (χ1n) is 7.66. The predicted molar refractivity (Wildman–Crippen MR) is 85.4 cm³/mol. The molecular weight excluding hydrogens is 294 g/mol. The lowest BCUT2D eigenvalue weighted by atomic mass is 10.1. The number of hydrogen-bond acceptors (Lipinski definition) is 3. The monoisotopic (exact) mass is 315 g/mol. The van der Waals surface area contributed by atoms with E-state index in [1.807, 2.05) is 34.8 Å². The number of amides is 1. The lowest BCUT2D eigenvalue weighted by Crippen LogP contribution is -2.44. The maximum absolute atomic E-state index is 13.0. The molecule has 122 valence electrons. The molecule has 0 aliphatic carbocycles. The number of ketones is 1. The fraction of sp³-hybridized carbons (Fsp3) is 0.412. The molecule has 1 saturated heterocycles. The molecule has 1 aliphatic heterocycles. The van der Waals surface area contributed by atoms with Crippen LogP contribution >= 0.6 is 0 Å². The van der Waals surface area contributed by atoms with Crippen molar-refractivity contribution in [1.29, 1.82) is 0 Å². The lowest BCUT2D eigenvalue weighted by molar-refractivity contribution is -0.00512. The molecule has 1 fully saturated rings. The van der Waals surface area contributed by atoms with E-state index in [1.165, 1.54) is 6.92 Å². The van der Waals surface area contributed by atoms with Crippen molar-refractivity contribution in [3.63, 3.8) is 0 Å². The van der Waals surface area contributed by atoms with Crippen molar-refractivity contribution in [3.8, 4) is 0 Å². The van der Waals surface area contributed by atoms with Crippen molar-refractivity contribution in [3.05, 3.63) is 47.5 Å². The van der Waals surface area contributed by atoms with Gasteiger partial charge in [0, 0.05) is 44.3 Å². The molecule has 1 amide bonds. The zero-order chi connectivity index (χ0) is 16.6. The van der Waals surface area contributed by atoms with Crippen LogP contribution in [-0.4, -0.2) is 45.5 Å². The zero-order valence-electron chi connectivity index (χ0n) is 13.7. The second-order valence-electron chi connectivity index (χ2n) is 5.91. The zero-order valence-corrected chi connectivity index (χ0v) is 13.7. The topological polar surface area (TPSA) is 56.5 Å². The number of carbonyl (C=O) groups excluding carboxylic acids is 2. The van der Waals surface area contributed by atoms with E-state index in [1.54, 1.807) is 23.9 Å². The normalized spacial score (nSPS) is 18.2. The Hall–Kier alpha value is -2.34. The van der Waals surface area contributed by atoms with Gasteiger partial charge in [-0.05, 0) is 25.1 Å². The Bertz CT molecular complexity index is 744. The number of hydrogen-bond donors (Lipinski definition) is 0. The van der Waals surface area contributed by atoms with Gasteiger partial charge in [-0.25, -0.2) is 0 Å². The minimum absolute atomic E-state index is 0.0411. The molecule has 1 aliphatic rings. The van der Waals surface area contributed by atoms with Crippen LogP contribution in [0, 0.1) is 0 Å². The van der Waals surface area contributed by atoms with Crippen molar-refractivity contribution in [1.82, 2.24) is 14.0 Å². The van der Waals surface area contributed by atoms with Crippen molar-refractivity contribution >= 4 is 11.7 Å². The number of carbonyl (C=O) groups is 2. The molecule has 0 bridgehead atoms. The quantitative estimate of drug-likeness (QED) is 0.811. The van der Waals surface area contributed by atoms with Gasteiger partial charge in [-0.1, -0.05) is 0 Å². The number of Topliss-reactive ketones (excluding diaryl/α,β-unsaturated/α-hetero) is 1. The molecule has 3 heterocycles. The smallest absolute Gasteiger partial charge is 0.271 e. The van der Waals surface area contributed by atoms with Crippen molar-refractivity contribution in [2.24, 2.45) is 14.1 Å². The molecule has 2 aromatic rings.